The van der Waals surface area contributed by atoms with Crippen LogP contribution in [0, 0.1) is 0 Å². The van der Waals surface area contributed by atoms with Crippen LogP contribution in [0.25, 0.3) is 0 Å². The van der Waals surface area contributed by atoms with Crippen molar-refractivity contribution in [3.05, 3.63) is 89.9 Å². The minimum atomic E-state index is -0.223. The summed E-state index contributed by atoms with van der Waals surface area (Å²) in [6.07, 6.45) is 2.27. The molecule has 0 spiro atoms. The van der Waals surface area contributed by atoms with Crippen molar-refractivity contribution in [2.75, 3.05) is 39.8 Å². The molecule has 5 rings (SSSR count). The molecule has 0 unspecified atom stereocenters. The Balaban J connectivity index is 1.24. The maximum atomic E-state index is 13.4. The van der Waals surface area contributed by atoms with E-state index in [-0.39, 0.29) is 11.9 Å². The molecule has 0 bridgehead atoms. The van der Waals surface area contributed by atoms with Crippen LogP contribution in [-0.2, 0) is 11.3 Å². The van der Waals surface area contributed by atoms with Gasteiger partial charge in [-0.2, -0.15) is 5.10 Å². The van der Waals surface area contributed by atoms with Gasteiger partial charge in [-0.3, -0.25) is 14.6 Å². The summed E-state index contributed by atoms with van der Waals surface area (Å²) in [5.41, 5.74) is 3.19. The Labute approximate surface area is 200 Å². The second-order valence-electron chi connectivity index (χ2n) is 8.79. The Morgan fingerprint density at radius 1 is 0.971 bits per heavy atom. The zero-order valence-corrected chi connectivity index (χ0v) is 19.5. The van der Waals surface area contributed by atoms with Gasteiger partial charge in [0.15, 0.2) is 0 Å². The number of ether oxygens (including phenoxy) is 1. The van der Waals surface area contributed by atoms with Crippen LogP contribution in [0.1, 0.15) is 29.3 Å². The third-order valence-electron chi connectivity index (χ3n) is 6.53. The molecule has 0 aliphatic carbocycles. The van der Waals surface area contributed by atoms with Gasteiger partial charge in [-0.15, -0.1) is 0 Å². The van der Waals surface area contributed by atoms with Crippen LogP contribution in [0.5, 0.6) is 5.75 Å². The number of piperazine rings is 1. The number of amides is 1. The highest BCUT2D eigenvalue weighted by Gasteiger charge is 2.35. The van der Waals surface area contributed by atoms with Gasteiger partial charge in [-0.25, -0.2) is 5.01 Å². The lowest BCUT2D eigenvalue weighted by Crippen LogP contribution is -2.49. The Bertz CT molecular complexity index is 1100. The molecule has 3 heterocycles. The van der Waals surface area contributed by atoms with E-state index >= 15 is 0 Å². The number of benzene rings is 2. The molecule has 1 saturated heterocycles. The van der Waals surface area contributed by atoms with E-state index in [0.29, 0.717) is 13.0 Å². The second-order valence-corrected chi connectivity index (χ2v) is 8.79. The van der Waals surface area contributed by atoms with Crippen molar-refractivity contribution in [2.45, 2.75) is 19.0 Å². The van der Waals surface area contributed by atoms with E-state index in [1.165, 1.54) is 5.56 Å². The van der Waals surface area contributed by atoms with Crippen LogP contribution in [0.3, 0.4) is 0 Å². The SMILES string of the molecule is COc1ccc(C2=NN(C(=O)CN3CCN(Cc4ccccc4)CC3)[C@H](c3ccco3)C2)cc1. The fourth-order valence-corrected chi connectivity index (χ4v) is 4.61. The van der Waals surface area contributed by atoms with Crippen LogP contribution in [0.2, 0.25) is 0 Å². The maximum Gasteiger partial charge on any atom is 0.257 e. The fourth-order valence-electron chi connectivity index (χ4n) is 4.61. The molecular formula is C27H30N4O3. The van der Waals surface area contributed by atoms with Crippen molar-refractivity contribution in [3.8, 4) is 5.75 Å². The van der Waals surface area contributed by atoms with Gasteiger partial charge in [0.25, 0.3) is 5.91 Å². The Morgan fingerprint density at radius 3 is 2.38 bits per heavy atom. The van der Waals surface area contributed by atoms with E-state index in [4.69, 9.17) is 14.3 Å². The maximum absolute atomic E-state index is 13.4. The molecule has 2 aromatic carbocycles. The standard InChI is InChI=1S/C27H30N4O3/c1-33-23-11-9-22(10-12-23)24-18-25(26-8-5-17-34-26)31(28-24)27(32)20-30-15-13-29(14-16-30)19-21-6-3-2-4-7-21/h2-12,17,25H,13-16,18-20H2,1H3/t25-/m0/s1. The highest BCUT2D eigenvalue weighted by molar-refractivity contribution is 6.03. The molecule has 34 heavy (non-hydrogen) atoms. The third kappa shape index (κ3) is 5.05. The normalized spacial score (nSPS) is 19.3. The molecule has 2 aliphatic rings. The molecule has 1 atom stereocenters. The van der Waals surface area contributed by atoms with Gasteiger partial charge in [-0.1, -0.05) is 30.3 Å². The number of methoxy groups -OCH3 is 1. The smallest absolute Gasteiger partial charge is 0.257 e. The summed E-state index contributed by atoms with van der Waals surface area (Å²) in [4.78, 5) is 18.0. The molecular weight excluding hydrogens is 428 g/mol. The average molecular weight is 459 g/mol. The molecule has 1 aromatic heterocycles. The summed E-state index contributed by atoms with van der Waals surface area (Å²) in [6, 6.07) is 21.9. The highest BCUT2D eigenvalue weighted by Crippen LogP contribution is 2.33. The molecule has 3 aromatic rings. The van der Waals surface area contributed by atoms with Crippen molar-refractivity contribution in [1.29, 1.82) is 0 Å². The minimum Gasteiger partial charge on any atom is -0.497 e. The number of rotatable bonds is 7. The molecule has 1 fully saturated rings. The lowest BCUT2D eigenvalue weighted by molar-refractivity contribution is -0.135. The molecule has 2 aliphatic heterocycles. The first-order valence-corrected chi connectivity index (χ1v) is 11.8. The van der Waals surface area contributed by atoms with Crippen LogP contribution >= 0.6 is 0 Å². The van der Waals surface area contributed by atoms with E-state index in [1.807, 2.05) is 42.5 Å². The molecule has 7 nitrogen and oxygen atoms in total. The van der Waals surface area contributed by atoms with Crippen molar-refractivity contribution >= 4 is 11.6 Å². The van der Waals surface area contributed by atoms with Crippen molar-refractivity contribution in [2.24, 2.45) is 5.10 Å². The van der Waals surface area contributed by atoms with E-state index in [2.05, 4.69) is 34.1 Å². The van der Waals surface area contributed by atoms with Gasteiger partial charge >= 0.3 is 0 Å². The first-order chi connectivity index (χ1) is 16.7. The van der Waals surface area contributed by atoms with Crippen molar-refractivity contribution in [3.63, 3.8) is 0 Å². The lowest BCUT2D eigenvalue weighted by atomic mass is 10.0. The summed E-state index contributed by atoms with van der Waals surface area (Å²) in [6.45, 7) is 4.94. The quantitative estimate of drug-likeness (QED) is 0.539. The Morgan fingerprint density at radius 2 is 1.71 bits per heavy atom. The monoisotopic (exact) mass is 458 g/mol. The van der Waals surface area contributed by atoms with Crippen LogP contribution < -0.4 is 4.74 Å². The number of carbonyl (C=O) groups excluding carboxylic acids is 1. The van der Waals surface area contributed by atoms with Gasteiger partial charge in [0.2, 0.25) is 0 Å². The second kappa shape index (κ2) is 10.2. The number of furan rings is 1. The summed E-state index contributed by atoms with van der Waals surface area (Å²) in [5, 5.41) is 6.37. The summed E-state index contributed by atoms with van der Waals surface area (Å²) in [5.74, 6) is 1.55. The molecule has 0 saturated carbocycles. The molecule has 0 radical (unpaired) electrons. The van der Waals surface area contributed by atoms with Crippen molar-refractivity contribution in [1.82, 2.24) is 14.8 Å². The largest absolute Gasteiger partial charge is 0.497 e. The topological polar surface area (TPSA) is 61.5 Å². The van der Waals surface area contributed by atoms with Crippen LogP contribution in [0.15, 0.2) is 82.5 Å². The van der Waals surface area contributed by atoms with Gasteiger partial charge in [-0.05, 0) is 47.5 Å². The van der Waals surface area contributed by atoms with E-state index in [9.17, 15) is 4.79 Å². The number of hydrogen-bond donors (Lipinski definition) is 0. The molecule has 7 heteroatoms. The van der Waals surface area contributed by atoms with E-state index in [1.54, 1.807) is 18.4 Å². The van der Waals surface area contributed by atoms with Crippen LogP contribution in [-0.4, -0.2) is 66.3 Å². The van der Waals surface area contributed by atoms with Gasteiger partial charge < -0.3 is 9.15 Å². The predicted molar refractivity (Wildman–Crippen MR) is 131 cm³/mol. The number of hydrazone groups is 1. The average Bonchev–Trinajstić information content (AvgIpc) is 3.56. The first kappa shape index (κ1) is 22.4. The molecule has 176 valence electrons. The van der Waals surface area contributed by atoms with E-state index in [0.717, 1.165) is 55.5 Å². The van der Waals surface area contributed by atoms with Gasteiger partial charge in [0, 0.05) is 39.1 Å². The molecule has 1 amide bonds. The van der Waals surface area contributed by atoms with Gasteiger partial charge in [0.05, 0.1) is 25.6 Å². The number of carbonyl (C=O) groups is 1. The number of hydrogen-bond acceptors (Lipinski definition) is 6. The Kier molecular flexibility index (Phi) is 6.74. The lowest BCUT2D eigenvalue weighted by Gasteiger charge is -2.35. The minimum absolute atomic E-state index is 0.00132. The van der Waals surface area contributed by atoms with Crippen molar-refractivity contribution < 1.29 is 13.9 Å². The zero-order valence-electron chi connectivity index (χ0n) is 19.5. The van der Waals surface area contributed by atoms with E-state index < -0.39 is 0 Å². The van der Waals surface area contributed by atoms with Gasteiger partial charge in [0.1, 0.15) is 17.6 Å². The predicted octanol–water partition coefficient (Wildman–Crippen LogP) is 3.78. The fraction of sp³-hybridized carbons (Fsp3) is 0.333. The zero-order chi connectivity index (χ0) is 23.3. The summed E-state index contributed by atoms with van der Waals surface area (Å²) in [7, 11) is 1.65. The van der Waals surface area contributed by atoms with Crippen LogP contribution in [0.4, 0.5) is 0 Å². The summed E-state index contributed by atoms with van der Waals surface area (Å²) < 4.78 is 10.9. The highest BCUT2D eigenvalue weighted by atomic mass is 16.5. The first-order valence-electron chi connectivity index (χ1n) is 11.8. The number of nitrogens with zero attached hydrogens (tertiary/aromatic N) is 4. The Hall–Kier alpha value is -3.42. The third-order valence-corrected chi connectivity index (χ3v) is 6.53. The summed E-state index contributed by atoms with van der Waals surface area (Å²) >= 11 is 0. The molecule has 0 N–H and O–H groups in total.